The summed E-state index contributed by atoms with van der Waals surface area (Å²) in [4.78, 5) is 10.6. The fourth-order valence-electron chi connectivity index (χ4n) is 3.26. The van der Waals surface area contributed by atoms with Gasteiger partial charge in [-0.25, -0.2) is 4.39 Å². The van der Waals surface area contributed by atoms with Crippen LogP contribution in [-0.4, -0.2) is 12.0 Å². The number of methoxy groups -OCH3 is 1. The van der Waals surface area contributed by atoms with Crippen molar-refractivity contribution in [2.24, 2.45) is 0 Å². The number of nitro groups is 1. The molecule has 3 aromatic carbocycles. The molecule has 0 radical (unpaired) electrons. The van der Waals surface area contributed by atoms with Gasteiger partial charge >= 0.3 is 0 Å². The quantitative estimate of drug-likeness (QED) is 0.131. The molecule has 0 saturated heterocycles. The molecule has 0 amide bonds. The predicted octanol–water partition coefficient (Wildman–Crippen LogP) is 6.11. The number of non-ortho nitro benzene ring substituents is 1. The van der Waals surface area contributed by atoms with Gasteiger partial charge < -0.3 is 9.47 Å². The molecule has 0 spiro atoms. The summed E-state index contributed by atoms with van der Waals surface area (Å²) in [6.45, 7) is 4.01. The third-order valence-electron chi connectivity index (χ3n) is 4.83. The first kappa shape index (κ1) is 23.2. The Labute approximate surface area is 191 Å². The molecule has 0 aliphatic carbocycles. The fraction of sp³-hybridized carbons (Fsp3) is 0.115. The second kappa shape index (κ2) is 10.7. The number of ether oxygens (including phenoxy) is 2. The zero-order chi connectivity index (χ0) is 23.8. The molecule has 33 heavy (non-hydrogen) atoms. The van der Waals surface area contributed by atoms with Crippen LogP contribution in [0.5, 0.6) is 11.5 Å². The molecule has 0 heterocycles. The van der Waals surface area contributed by atoms with E-state index in [4.69, 9.17) is 9.47 Å². The first-order valence-electron chi connectivity index (χ1n) is 10.0. The van der Waals surface area contributed by atoms with E-state index >= 15 is 0 Å². The largest absolute Gasteiger partial charge is 0.493 e. The van der Waals surface area contributed by atoms with E-state index in [1.165, 1.54) is 37.4 Å². The van der Waals surface area contributed by atoms with E-state index in [2.05, 4.69) is 12.6 Å². The summed E-state index contributed by atoms with van der Waals surface area (Å²) < 4.78 is 24.7. The molecule has 0 saturated carbocycles. The van der Waals surface area contributed by atoms with Crippen LogP contribution < -0.4 is 9.47 Å². The molecule has 0 fully saturated rings. The van der Waals surface area contributed by atoms with Crippen LogP contribution in [0.25, 0.3) is 11.6 Å². The Bertz CT molecular complexity index is 1240. The third kappa shape index (κ3) is 5.83. The molecule has 166 valence electrons. The summed E-state index contributed by atoms with van der Waals surface area (Å²) in [7, 11) is 1.51. The average Bonchev–Trinajstić information content (AvgIpc) is 2.82. The molecule has 0 aliphatic rings. The first-order chi connectivity index (χ1) is 15.9. The minimum absolute atomic E-state index is 0.0943. The van der Waals surface area contributed by atoms with E-state index in [1.807, 2.05) is 6.07 Å². The smallest absolute Gasteiger partial charge is 0.270 e. The van der Waals surface area contributed by atoms with E-state index in [-0.39, 0.29) is 23.7 Å². The fourth-order valence-corrected chi connectivity index (χ4v) is 3.26. The van der Waals surface area contributed by atoms with E-state index in [0.29, 0.717) is 29.0 Å². The maximum absolute atomic E-state index is 13.2. The molecule has 0 unspecified atom stereocenters. The van der Waals surface area contributed by atoms with Crippen LogP contribution in [-0.2, 0) is 13.0 Å². The standard InChI is InChI=1S/C26H21FN2O4/c1-3-5-21-12-19(13-22(16-28)20-6-4-7-24(15-20)29(30)31)14-25(32-2)26(21)33-17-18-8-10-23(27)11-9-18/h3-4,6-15H,1,5,17H2,2H3. The number of nitriles is 1. The molecule has 6 nitrogen and oxygen atoms in total. The lowest BCUT2D eigenvalue weighted by molar-refractivity contribution is -0.384. The lowest BCUT2D eigenvalue weighted by atomic mass is 10.0. The van der Waals surface area contributed by atoms with Crippen LogP contribution >= 0.6 is 0 Å². The van der Waals surface area contributed by atoms with Gasteiger partial charge in [-0.05, 0) is 53.5 Å². The van der Waals surface area contributed by atoms with Gasteiger partial charge in [0.15, 0.2) is 11.5 Å². The van der Waals surface area contributed by atoms with E-state index in [0.717, 1.165) is 11.1 Å². The van der Waals surface area contributed by atoms with Gasteiger partial charge in [-0.15, -0.1) is 6.58 Å². The third-order valence-corrected chi connectivity index (χ3v) is 4.83. The minimum Gasteiger partial charge on any atom is -0.493 e. The highest BCUT2D eigenvalue weighted by Crippen LogP contribution is 2.35. The van der Waals surface area contributed by atoms with Crippen molar-refractivity contribution in [3.8, 4) is 17.6 Å². The number of hydrogen-bond acceptors (Lipinski definition) is 5. The number of nitro benzene ring substituents is 1. The molecule has 0 N–H and O–H groups in total. The van der Waals surface area contributed by atoms with Gasteiger partial charge in [-0.2, -0.15) is 5.26 Å². The molecule has 0 bridgehead atoms. The maximum atomic E-state index is 13.2. The van der Waals surface area contributed by atoms with Crippen molar-refractivity contribution in [1.82, 2.24) is 0 Å². The summed E-state index contributed by atoms with van der Waals surface area (Å²) in [6.07, 6.45) is 3.84. The molecule has 0 atom stereocenters. The van der Waals surface area contributed by atoms with Crippen LogP contribution in [0.2, 0.25) is 0 Å². The van der Waals surface area contributed by atoms with Crippen LogP contribution in [0.3, 0.4) is 0 Å². The Hall–Kier alpha value is -4.44. The molecular formula is C26H21FN2O4. The normalized spacial score (nSPS) is 10.9. The van der Waals surface area contributed by atoms with Gasteiger partial charge in [-0.1, -0.05) is 30.3 Å². The zero-order valence-corrected chi connectivity index (χ0v) is 18.0. The van der Waals surface area contributed by atoms with Crippen molar-refractivity contribution in [2.75, 3.05) is 7.11 Å². The van der Waals surface area contributed by atoms with E-state index < -0.39 is 4.92 Å². The molecule has 3 rings (SSSR count). The Kier molecular flexibility index (Phi) is 7.55. The van der Waals surface area contributed by atoms with Crippen molar-refractivity contribution < 1.29 is 18.8 Å². The van der Waals surface area contributed by atoms with Crippen molar-refractivity contribution in [3.63, 3.8) is 0 Å². The molecule has 3 aromatic rings. The van der Waals surface area contributed by atoms with E-state index in [1.54, 1.807) is 36.4 Å². The lowest BCUT2D eigenvalue weighted by Gasteiger charge is -2.16. The summed E-state index contributed by atoms with van der Waals surface area (Å²) in [5.74, 6) is 0.656. The Morgan fingerprint density at radius 2 is 1.97 bits per heavy atom. The second-order valence-corrected chi connectivity index (χ2v) is 7.10. The van der Waals surface area contributed by atoms with Crippen molar-refractivity contribution in [1.29, 1.82) is 5.26 Å². The summed E-state index contributed by atoms with van der Waals surface area (Å²) in [5.41, 5.74) is 2.86. The molecule has 0 aromatic heterocycles. The number of rotatable bonds is 9. The Balaban J connectivity index is 1.98. The maximum Gasteiger partial charge on any atom is 0.270 e. The highest BCUT2D eigenvalue weighted by Gasteiger charge is 2.14. The average molecular weight is 444 g/mol. The van der Waals surface area contributed by atoms with Crippen LogP contribution in [0, 0.1) is 27.3 Å². The SMILES string of the molecule is C=CCc1cc(C=C(C#N)c2cccc([N+](=O)[O-])c2)cc(OC)c1OCc1ccc(F)cc1. The van der Waals surface area contributed by atoms with Crippen molar-refractivity contribution >= 4 is 17.3 Å². The second-order valence-electron chi connectivity index (χ2n) is 7.10. The van der Waals surface area contributed by atoms with Gasteiger partial charge in [0, 0.05) is 17.7 Å². The number of allylic oxidation sites excluding steroid dienone is 2. The number of hydrogen-bond donors (Lipinski definition) is 0. The van der Waals surface area contributed by atoms with Gasteiger partial charge in [0.1, 0.15) is 12.4 Å². The first-order valence-corrected chi connectivity index (χ1v) is 10.0. The predicted molar refractivity (Wildman–Crippen MR) is 124 cm³/mol. The van der Waals surface area contributed by atoms with Crippen molar-refractivity contribution in [3.05, 3.63) is 112 Å². The highest BCUT2D eigenvalue weighted by molar-refractivity contribution is 5.90. The molecule has 0 aliphatic heterocycles. The minimum atomic E-state index is -0.503. The summed E-state index contributed by atoms with van der Waals surface area (Å²) >= 11 is 0. The summed E-state index contributed by atoms with van der Waals surface area (Å²) in [5, 5.41) is 20.8. The lowest BCUT2D eigenvalue weighted by Crippen LogP contribution is -2.02. The molecule has 7 heteroatoms. The van der Waals surface area contributed by atoms with Gasteiger partial charge in [0.25, 0.3) is 5.69 Å². The summed E-state index contributed by atoms with van der Waals surface area (Å²) in [6, 6.07) is 17.6. The highest BCUT2D eigenvalue weighted by atomic mass is 19.1. The van der Waals surface area contributed by atoms with Crippen LogP contribution in [0.4, 0.5) is 10.1 Å². The number of benzene rings is 3. The van der Waals surface area contributed by atoms with Gasteiger partial charge in [0.05, 0.1) is 23.7 Å². The topological polar surface area (TPSA) is 85.4 Å². The van der Waals surface area contributed by atoms with Gasteiger partial charge in [0.2, 0.25) is 0 Å². The van der Waals surface area contributed by atoms with Crippen LogP contribution in [0.1, 0.15) is 22.3 Å². The van der Waals surface area contributed by atoms with Crippen molar-refractivity contribution in [2.45, 2.75) is 13.0 Å². The Morgan fingerprint density at radius 1 is 1.21 bits per heavy atom. The van der Waals surface area contributed by atoms with Gasteiger partial charge in [-0.3, -0.25) is 10.1 Å². The molecular weight excluding hydrogens is 423 g/mol. The number of nitrogens with zero attached hydrogens (tertiary/aromatic N) is 2. The zero-order valence-electron chi connectivity index (χ0n) is 18.0. The number of halogens is 1. The van der Waals surface area contributed by atoms with E-state index in [9.17, 15) is 19.8 Å². The Morgan fingerprint density at radius 3 is 2.61 bits per heavy atom. The van der Waals surface area contributed by atoms with Crippen LogP contribution in [0.15, 0.2) is 73.3 Å². The monoisotopic (exact) mass is 444 g/mol.